The third kappa shape index (κ3) is 4.66. The Morgan fingerprint density at radius 1 is 1.44 bits per heavy atom. The molecule has 4 heteroatoms. The van der Waals surface area contributed by atoms with Crippen LogP contribution in [0, 0.1) is 0 Å². The molecule has 1 rings (SSSR count). The van der Waals surface area contributed by atoms with Gasteiger partial charge in [-0.15, -0.1) is 0 Å². The maximum absolute atomic E-state index is 11.8. The zero-order chi connectivity index (χ0) is 12.0. The molecule has 0 unspecified atom stereocenters. The summed E-state index contributed by atoms with van der Waals surface area (Å²) in [6.45, 7) is 0.804. The molecule has 0 saturated carbocycles. The molecule has 2 nitrogen and oxygen atoms in total. The number of hydrogen-bond donors (Lipinski definition) is 0. The minimum atomic E-state index is 0.166. The van der Waals surface area contributed by atoms with E-state index >= 15 is 0 Å². The molecule has 16 heavy (non-hydrogen) atoms. The maximum Gasteiger partial charge on any atom is 0.226 e. The summed E-state index contributed by atoms with van der Waals surface area (Å²) in [7, 11) is 1.85. The molecule has 0 aliphatic rings. The zero-order valence-electron chi connectivity index (χ0n) is 9.25. The highest BCUT2D eigenvalue weighted by atomic mass is 79.9. The van der Waals surface area contributed by atoms with Crippen molar-refractivity contribution in [3.05, 3.63) is 34.3 Å². The van der Waals surface area contributed by atoms with Crippen LogP contribution in [0.25, 0.3) is 0 Å². The first kappa shape index (κ1) is 13.7. The Morgan fingerprint density at radius 3 is 2.81 bits per heavy atom. The lowest BCUT2D eigenvalue weighted by atomic mass is 10.1. The van der Waals surface area contributed by atoms with E-state index in [9.17, 15) is 4.79 Å². The minimum absolute atomic E-state index is 0.166. The van der Waals surface area contributed by atoms with Crippen molar-refractivity contribution >= 4 is 37.8 Å². The molecule has 88 valence electrons. The molecule has 1 aromatic carbocycles. The van der Waals surface area contributed by atoms with Crippen molar-refractivity contribution in [1.29, 1.82) is 0 Å². The van der Waals surface area contributed by atoms with Crippen LogP contribution < -0.4 is 0 Å². The Morgan fingerprint density at radius 2 is 2.19 bits per heavy atom. The summed E-state index contributed by atoms with van der Waals surface area (Å²) in [4.78, 5) is 13.6. The summed E-state index contributed by atoms with van der Waals surface area (Å²) in [6.07, 6.45) is 1.46. The molecule has 0 radical (unpaired) electrons. The number of likely N-dealkylation sites (N-methyl/N-ethyl adjacent to an activating group) is 1. The van der Waals surface area contributed by atoms with Gasteiger partial charge in [0.2, 0.25) is 5.91 Å². The molecule has 0 bridgehead atoms. The smallest absolute Gasteiger partial charge is 0.226 e. The number of amides is 1. The van der Waals surface area contributed by atoms with Crippen molar-refractivity contribution in [2.75, 3.05) is 18.9 Å². The van der Waals surface area contributed by atoms with Crippen LogP contribution in [0.1, 0.15) is 12.0 Å². The molecule has 0 aromatic heterocycles. The van der Waals surface area contributed by atoms with Crippen LogP contribution in [-0.4, -0.2) is 29.7 Å². The third-order valence-corrected chi connectivity index (χ3v) is 3.35. The number of benzene rings is 1. The first-order valence-electron chi connectivity index (χ1n) is 5.18. The lowest BCUT2D eigenvalue weighted by Gasteiger charge is -2.16. The van der Waals surface area contributed by atoms with E-state index in [1.807, 2.05) is 31.3 Å². The molecule has 0 fully saturated rings. The molecule has 0 aliphatic carbocycles. The molecule has 1 amide bonds. The Hall–Kier alpha value is -0.350. The topological polar surface area (TPSA) is 20.3 Å². The van der Waals surface area contributed by atoms with Crippen LogP contribution in [0.2, 0.25) is 0 Å². The van der Waals surface area contributed by atoms with Gasteiger partial charge in [-0.05, 0) is 24.1 Å². The van der Waals surface area contributed by atoms with Crippen molar-refractivity contribution in [1.82, 2.24) is 4.90 Å². The minimum Gasteiger partial charge on any atom is -0.345 e. The average Bonchev–Trinajstić information content (AvgIpc) is 2.25. The number of halogens is 2. The van der Waals surface area contributed by atoms with Gasteiger partial charge in [0.25, 0.3) is 0 Å². The fraction of sp³-hybridized carbons (Fsp3) is 0.417. The van der Waals surface area contributed by atoms with Gasteiger partial charge in [-0.2, -0.15) is 0 Å². The SMILES string of the molecule is CN(CCCBr)C(=O)Cc1cccc(Br)c1. The summed E-state index contributed by atoms with van der Waals surface area (Å²) in [6, 6.07) is 7.87. The molecule has 0 saturated heterocycles. The first-order chi connectivity index (χ1) is 7.63. The van der Waals surface area contributed by atoms with Crippen molar-refractivity contribution in [2.45, 2.75) is 12.8 Å². The van der Waals surface area contributed by atoms with Gasteiger partial charge in [0, 0.05) is 23.4 Å². The van der Waals surface area contributed by atoms with E-state index in [-0.39, 0.29) is 5.91 Å². The largest absolute Gasteiger partial charge is 0.345 e. The van der Waals surface area contributed by atoms with Gasteiger partial charge in [-0.3, -0.25) is 4.79 Å². The van der Waals surface area contributed by atoms with Gasteiger partial charge in [0.05, 0.1) is 6.42 Å². The van der Waals surface area contributed by atoms with E-state index in [0.717, 1.165) is 28.3 Å². The van der Waals surface area contributed by atoms with Gasteiger partial charge < -0.3 is 4.90 Å². The number of hydrogen-bond acceptors (Lipinski definition) is 1. The van der Waals surface area contributed by atoms with Gasteiger partial charge in [-0.1, -0.05) is 44.0 Å². The molecule has 0 aliphatic heterocycles. The van der Waals surface area contributed by atoms with Crippen molar-refractivity contribution < 1.29 is 4.79 Å². The Bertz CT molecular complexity index is 355. The van der Waals surface area contributed by atoms with E-state index < -0.39 is 0 Å². The Labute approximate surface area is 113 Å². The first-order valence-corrected chi connectivity index (χ1v) is 7.09. The summed E-state index contributed by atoms with van der Waals surface area (Å²) in [5.74, 6) is 0.166. The summed E-state index contributed by atoms with van der Waals surface area (Å²) < 4.78 is 1.01. The molecular weight excluding hydrogens is 334 g/mol. The predicted octanol–water partition coefficient (Wildman–Crippen LogP) is 3.24. The van der Waals surface area contributed by atoms with E-state index in [0.29, 0.717) is 6.42 Å². The highest BCUT2D eigenvalue weighted by Gasteiger charge is 2.08. The van der Waals surface area contributed by atoms with Crippen LogP contribution >= 0.6 is 31.9 Å². The lowest BCUT2D eigenvalue weighted by Crippen LogP contribution is -2.29. The van der Waals surface area contributed by atoms with Crippen molar-refractivity contribution in [3.8, 4) is 0 Å². The highest BCUT2D eigenvalue weighted by molar-refractivity contribution is 9.10. The van der Waals surface area contributed by atoms with Crippen molar-refractivity contribution in [3.63, 3.8) is 0 Å². The van der Waals surface area contributed by atoms with Crippen molar-refractivity contribution in [2.24, 2.45) is 0 Å². The van der Waals surface area contributed by atoms with Gasteiger partial charge in [-0.25, -0.2) is 0 Å². The van der Waals surface area contributed by atoms with Gasteiger partial charge >= 0.3 is 0 Å². The second-order valence-electron chi connectivity index (χ2n) is 3.66. The Balaban J connectivity index is 2.50. The fourth-order valence-electron chi connectivity index (χ4n) is 1.38. The number of rotatable bonds is 5. The third-order valence-electron chi connectivity index (χ3n) is 2.30. The van der Waals surface area contributed by atoms with Gasteiger partial charge in [0.15, 0.2) is 0 Å². The molecular formula is C12H15Br2NO. The number of alkyl halides is 1. The van der Waals surface area contributed by atoms with Crippen LogP contribution in [0.15, 0.2) is 28.7 Å². The maximum atomic E-state index is 11.8. The normalized spacial score (nSPS) is 10.2. The molecule has 0 heterocycles. The summed E-state index contributed by atoms with van der Waals surface area (Å²) in [5.41, 5.74) is 1.05. The van der Waals surface area contributed by atoms with Gasteiger partial charge in [0.1, 0.15) is 0 Å². The zero-order valence-corrected chi connectivity index (χ0v) is 12.4. The van der Waals surface area contributed by atoms with Crippen LogP contribution in [0.3, 0.4) is 0 Å². The second-order valence-corrected chi connectivity index (χ2v) is 5.37. The molecule has 0 spiro atoms. The molecule has 1 aromatic rings. The lowest BCUT2D eigenvalue weighted by molar-refractivity contribution is -0.129. The average molecular weight is 349 g/mol. The standard InChI is InChI=1S/C12H15Br2NO/c1-15(7-3-6-13)12(16)9-10-4-2-5-11(14)8-10/h2,4-5,8H,3,6-7,9H2,1H3. The quantitative estimate of drug-likeness (QED) is 0.748. The number of nitrogens with zero attached hydrogens (tertiary/aromatic N) is 1. The van der Waals surface area contributed by atoms with Crippen LogP contribution in [0.5, 0.6) is 0 Å². The number of carbonyl (C=O) groups excluding carboxylic acids is 1. The van der Waals surface area contributed by atoms with E-state index in [2.05, 4.69) is 31.9 Å². The Kier molecular flexibility index (Phi) is 6.06. The van der Waals surface area contributed by atoms with E-state index in [4.69, 9.17) is 0 Å². The van der Waals surface area contributed by atoms with Crippen LogP contribution in [0.4, 0.5) is 0 Å². The summed E-state index contributed by atoms with van der Waals surface area (Å²) in [5, 5.41) is 0.932. The molecule has 0 N–H and O–H groups in total. The second kappa shape index (κ2) is 7.07. The fourth-order valence-corrected chi connectivity index (χ4v) is 2.08. The molecule has 0 atom stereocenters. The number of carbonyl (C=O) groups is 1. The van der Waals surface area contributed by atoms with E-state index in [1.54, 1.807) is 4.90 Å². The highest BCUT2D eigenvalue weighted by Crippen LogP contribution is 2.12. The van der Waals surface area contributed by atoms with Crippen LogP contribution in [-0.2, 0) is 11.2 Å². The predicted molar refractivity (Wildman–Crippen MR) is 73.9 cm³/mol. The van der Waals surface area contributed by atoms with E-state index in [1.165, 1.54) is 0 Å². The summed E-state index contributed by atoms with van der Waals surface area (Å²) >= 11 is 6.76. The monoisotopic (exact) mass is 347 g/mol.